The summed E-state index contributed by atoms with van der Waals surface area (Å²) in [6, 6.07) is 3.41. The van der Waals surface area contributed by atoms with Crippen LogP contribution in [0.25, 0.3) is 0 Å². The second kappa shape index (κ2) is 9.28. The Morgan fingerprint density at radius 1 is 1.57 bits per heavy atom. The van der Waals surface area contributed by atoms with Crippen LogP contribution in [0.2, 0.25) is 0 Å². The van der Waals surface area contributed by atoms with Crippen LogP contribution < -0.4 is 0 Å². The molecule has 2 atom stereocenters. The lowest BCUT2D eigenvalue weighted by molar-refractivity contribution is 0.153. The lowest BCUT2D eigenvalue weighted by atomic mass is 9.98. The zero-order chi connectivity index (χ0) is 15.6. The van der Waals surface area contributed by atoms with Gasteiger partial charge in [0.1, 0.15) is 6.61 Å². The van der Waals surface area contributed by atoms with Gasteiger partial charge in [-0.05, 0) is 19.4 Å². The van der Waals surface area contributed by atoms with E-state index in [-0.39, 0.29) is 6.61 Å². The highest BCUT2D eigenvalue weighted by Gasteiger charge is 2.26. The summed E-state index contributed by atoms with van der Waals surface area (Å²) in [6.45, 7) is 2.37. The molecule has 0 radical (unpaired) electrons. The molecule has 112 valence electrons. The molecule has 1 heterocycles. The van der Waals surface area contributed by atoms with Crippen LogP contribution in [0.3, 0.4) is 0 Å². The maximum absolute atomic E-state index is 10.8. The van der Waals surface area contributed by atoms with Gasteiger partial charge in [0.2, 0.25) is 0 Å². The fourth-order valence-electron chi connectivity index (χ4n) is 1.55. The molecule has 0 aliphatic heterocycles. The fourth-order valence-corrected chi connectivity index (χ4v) is 1.96. The van der Waals surface area contributed by atoms with E-state index in [9.17, 15) is 8.76 Å². The first-order valence-corrected chi connectivity index (χ1v) is 7.29. The second-order valence-electron chi connectivity index (χ2n) is 4.22. The lowest BCUT2D eigenvalue weighted by Crippen LogP contribution is -2.25. The van der Waals surface area contributed by atoms with Gasteiger partial charge in [-0.15, -0.1) is 6.42 Å². The zero-order valence-corrected chi connectivity index (χ0v) is 12.5. The summed E-state index contributed by atoms with van der Waals surface area (Å²) in [5.41, 5.74) is -0.675. The molecule has 6 heteroatoms. The molecule has 0 saturated carbocycles. The van der Waals surface area contributed by atoms with Crippen molar-refractivity contribution in [2.75, 3.05) is 13.2 Å². The molecule has 21 heavy (non-hydrogen) atoms. The minimum atomic E-state index is -2.67. The van der Waals surface area contributed by atoms with Crippen molar-refractivity contribution in [3.8, 4) is 24.2 Å². The van der Waals surface area contributed by atoms with Crippen LogP contribution in [-0.4, -0.2) is 27.0 Å². The first-order valence-electron chi connectivity index (χ1n) is 6.29. The summed E-state index contributed by atoms with van der Waals surface area (Å²) in [5.74, 6) is 8.10. The molecule has 1 aromatic rings. The van der Waals surface area contributed by atoms with E-state index in [0.29, 0.717) is 25.0 Å². The summed E-state index contributed by atoms with van der Waals surface area (Å²) < 4.78 is 31.7. The van der Waals surface area contributed by atoms with Crippen molar-refractivity contribution in [3.63, 3.8) is 0 Å². The number of pyridine rings is 1. The van der Waals surface area contributed by atoms with Crippen LogP contribution in [0.1, 0.15) is 25.3 Å². The molecule has 0 spiro atoms. The normalized spacial score (nSPS) is 14.3. The number of hydrogen-bond acceptors (Lipinski definition) is 5. The molecule has 1 aromatic heterocycles. The van der Waals surface area contributed by atoms with Crippen molar-refractivity contribution in [1.29, 1.82) is 0 Å². The molecular weight excluding hydrogens is 290 g/mol. The van der Waals surface area contributed by atoms with Crippen LogP contribution in [-0.2, 0) is 25.9 Å². The van der Waals surface area contributed by atoms with Gasteiger partial charge < -0.3 is 9.29 Å². The van der Waals surface area contributed by atoms with Crippen molar-refractivity contribution in [2.45, 2.75) is 25.4 Å². The average Bonchev–Trinajstić information content (AvgIpc) is 2.46. The number of aromatic nitrogens is 1. The number of ether oxygens (including phenoxy) is 1. The number of rotatable bonds is 7. The maximum Gasteiger partial charge on any atom is 0.168 e. The van der Waals surface area contributed by atoms with E-state index in [1.54, 1.807) is 25.3 Å². The van der Waals surface area contributed by atoms with Gasteiger partial charge in [-0.25, -0.2) is 4.21 Å². The molecular formula is C15H16NO4S-. The van der Waals surface area contributed by atoms with E-state index >= 15 is 0 Å². The minimum absolute atomic E-state index is 0.277. The van der Waals surface area contributed by atoms with E-state index in [1.165, 1.54) is 6.20 Å². The second-order valence-corrected chi connectivity index (χ2v) is 4.80. The van der Waals surface area contributed by atoms with Crippen LogP contribution in [0.5, 0.6) is 0 Å². The fraction of sp³-hybridized carbons (Fsp3) is 0.400. The Hall–Kier alpha value is -1.70. The van der Waals surface area contributed by atoms with Crippen molar-refractivity contribution in [2.24, 2.45) is 0 Å². The van der Waals surface area contributed by atoms with Crippen molar-refractivity contribution >= 4 is 11.4 Å². The van der Waals surface area contributed by atoms with E-state index in [2.05, 4.69) is 22.7 Å². The molecule has 1 rings (SSSR count). The summed E-state index contributed by atoms with van der Waals surface area (Å²) in [6.07, 6.45) is 9.43. The number of hydrogen-bond donors (Lipinski definition) is 0. The Balaban J connectivity index is 2.68. The Morgan fingerprint density at radius 2 is 2.38 bits per heavy atom. The molecule has 0 aliphatic rings. The van der Waals surface area contributed by atoms with Gasteiger partial charge in [-0.3, -0.25) is 9.17 Å². The highest BCUT2D eigenvalue weighted by molar-refractivity contribution is 7.74. The number of nitrogens with zero attached hydrogens (tertiary/aromatic N) is 1. The van der Waals surface area contributed by atoms with Gasteiger partial charge >= 0.3 is 0 Å². The summed E-state index contributed by atoms with van der Waals surface area (Å²) >= 11 is -2.67. The molecule has 5 nitrogen and oxygen atoms in total. The Morgan fingerprint density at radius 3 is 3.00 bits per heavy atom. The Kier molecular flexibility index (Phi) is 7.66. The molecule has 0 saturated heterocycles. The molecule has 2 unspecified atom stereocenters. The monoisotopic (exact) mass is 306 g/mol. The standard InChI is InChI=1S/C15H17NO4S/c1-3-11-19-12-6-4-5-9-15(2,20-21(17)18)14-8-7-10-16-13-14/h1,7-8,10,13H,4,6,11-12H2,2H3,(H,17,18)/p-1. The van der Waals surface area contributed by atoms with Crippen LogP contribution >= 0.6 is 0 Å². The number of terminal acetylenes is 1. The summed E-state index contributed by atoms with van der Waals surface area (Å²) in [7, 11) is 0. The van der Waals surface area contributed by atoms with Crippen LogP contribution in [0.4, 0.5) is 0 Å². The van der Waals surface area contributed by atoms with Gasteiger partial charge in [-0.2, -0.15) is 0 Å². The van der Waals surface area contributed by atoms with E-state index in [4.69, 9.17) is 15.3 Å². The predicted molar refractivity (Wildman–Crippen MR) is 78.3 cm³/mol. The maximum atomic E-state index is 10.8. The van der Waals surface area contributed by atoms with Crippen molar-refractivity contribution < 1.29 is 17.7 Å². The third kappa shape index (κ3) is 6.52. The van der Waals surface area contributed by atoms with E-state index < -0.39 is 17.0 Å². The van der Waals surface area contributed by atoms with Crippen molar-refractivity contribution in [1.82, 2.24) is 4.98 Å². The first-order chi connectivity index (χ1) is 10.1. The predicted octanol–water partition coefficient (Wildman–Crippen LogP) is 1.54. The SMILES string of the molecule is C#CCOCCCC#CC(C)(OS(=O)[O-])c1cccnc1. The first kappa shape index (κ1) is 17.4. The van der Waals surface area contributed by atoms with Crippen LogP contribution in [0.15, 0.2) is 24.5 Å². The van der Waals surface area contributed by atoms with E-state index in [1.807, 2.05) is 0 Å². The molecule has 0 N–H and O–H groups in total. The third-order valence-corrected chi connectivity index (χ3v) is 3.02. The highest BCUT2D eigenvalue weighted by atomic mass is 32.2. The van der Waals surface area contributed by atoms with Crippen molar-refractivity contribution in [3.05, 3.63) is 30.1 Å². The Labute approximate surface area is 127 Å². The summed E-state index contributed by atoms with van der Waals surface area (Å²) in [4.78, 5) is 3.95. The molecule has 0 fully saturated rings. The third-order valence-electron chi connectivity index (χ3n) is 2.55. The lowest BCUT2D eigenvalue weighted by Gasteiger charge is -2.24. The van der Waals surface area contributed by atoms with Gasteiger partial charge in [-0.1, -0.05) is 23.8 Å². The molecule has 0 bridgehead atoms. The van der Waals surface area contributed by atoms with Gasteiger partial charge in [0.25, 0.3) is 0 Å². The minimum Gasteiger partial charge on any atom is -0.750 e. The number of unbranched alkanes of at least 4 members (excludes halogenated alkanes) is 1. The molecule has 0 aromatic carbocycles. The Bertz CT molecular complexity index is 559. The van der Waals surface area contributed by atoms with Crippen LogP contribution in [0, 0.1) is 24.2 Å². The highest BCUT2D eigenvalue weighted by Crippen LogP contribution is 2.24. The zero-order valence-electron chi connectivity index (χ0n) is 11.7. The van der Waals surface area contributed by atoms with Gasteiger partial charge in [0.05, 0.1) is 11.4 Å². The van der Waals surface area contributed by atoms with Gasteiger partial charge in [0.15, 0.2) is 5.60 Å². The van der Waals surface area contributed by atoms with E-state index in [0.717, 1.165) is 0 Å². The quantitative estimate of drug-likeness (QED) is 0.434. The smallest absolute Gasteiger partial charge is 0.168 e. The molecule has 0 amide bonds. The topological polar surface area (TPSA) is 71.5 Å². The molecule has 0 aliphatic carbocycles. The van der Waals surface area contributed by atoms with Gasteiger partial charge in [0, 0.05) is 31.0 Å². The summed E-state index contributed by atoms with van der Waals surface area (Å²) in [5, 5.41) is 0. The average molecular weight is 306 g/mol. The largest absolute Gasteiger partial charge is 0.750 e.